The fourth-order valence-electron chi connectivity index (χ4n) is 2.05. The molecule has 0 aromatic carbocycles. The van der Waals surface area contributed by atoms with Crippen LogP contribution in [0.15, 0.2) is 0 Å². The van der Waals surface area contributed by atoms with Gasteiger partial charge in [-0.3, -0.25) is 9.36 Å². The lowest BCUT2D eigenvalue weighted by Gasteiger charge is -2.26. The number of aromatic nitrogens is 3. The number of nitrogens with two attached hydrogens (primary N) is 1. The Bertz CT molecular complexity index is 446. The van der Waals surface area contributed by atoms with E-state index in [0.717, 1.165) is 25.9 Å². The lowest BCUT2D eigenvalue weighted by molar-refractivity contribution is -0.132. The van der Waals surface area contributed by atoms with E-state index in [1.54, 1.807) is 4.57 Å². The summed E-state index contributed by atoms with van der Waals surface area (Å²) in [6, 6.07) is 0. The van der Waals surface area contributed by atoms with Crippen LogP contribution in [0.25, 0.3) is 0 Å². The van der Waals surface area contributed by atoms with Crippen LogP contribution in [0.3, 0.4) is 0 Å². The maximum absolute atomic E-state index is 11.9. The van der Waals surface area contributed by atoms with Crippen molar-refractivity contribution in [2.75, 3.05) is 18.8 Å². The molecule has 0 bridgehead atoms. The number of nitrogens with zero attached hydrogens (tertiary/aromatic N) is 3. The monoisotopic (exact) mass is 255 g/mol. The molecular weight excluding hydrogens is 238 g/mol. The molecule has 1 saturated heterocycles. The number of nitrogen functional groups attached to an aromatic ring is 1. The van der Waals surface area contributed by atoms with E-state index in [-0.39, 0.29) is 5.91 Å². The summed E-state index contributed by atoms with van der Waals surface area (Å²) in [6.45, 7) is 2.26. The molecule has 0 spiro atoms. The van der Waals surface area contributed by atoms with Crippen molar-refractivity contribution >= 4 is 24.1 Å². The Hall–Kier alpha value is -1.37. The van der Waals surface area contributed by atoms with E-state index in [9.17, 15) is 4.79 Å². The fraction of sp³-hybridized carbons (Fsp3) is 0.700. The predicted molar refractivity (Wildman–Crippen MR) is 66.9 cm³/mol. The zero-order valence-electron chi connectivity index (χ0n) is 9.69. The molecule has 2 heterocycles. The minimum atomic E-state index is 0.173. The maximum atomic E-state index is 11.9. The second kappa shape index (κ2) is 5.31. The summed E-state index contributed by atoms with van der Waals surface area (Å²) < 4.78 is 2.12. The van der Waals surface area contributed by atoms with Crippen LogP contribution in [0, 0.1) is 4.77 Å². The highest BCUT2D eigenvalue weighted by Gasteiger charge is 2.16. The van der Waals surface area contributed by atoms with Crippen LogP contribution in [-0.4, -0.2) is 38.7 Å². The van der Waals surface area contributed by atoms with Crippen molar-refractivity contribution in [2.24, 2.45) is 0 Å². The maximum Gasteiger partial charge on any atom is 0.224 e. The van der Waals surface area contributed by atoms with Crippen LogP contribution in [0.4, 0.5) is 5.95 Å². The lowest BCUT2D eigenvalue weighted by Crippen LogP contribution is -2.36. The molecule has 2 rings (SSSR count). The third-order valence-electron chi connectivity index (χ3n) is 3.05. The van der Waals surface area contributed by atoms with Gasteiger partial charge in [0.15, 0.2) is 4.77 Å². The SMILES string of the molecule is Nc1n[nH]c(=S)n1CCC(=O)N1CCCCC1. The van der Waals surface area contributed by atoms with E-state index in [2.05, 4.69) is 10.2 Å². The van der Waals surface area contributed by atoms with Crippen LogP contribution in [0.1, 0.15) is 25.7 Å². The van der Waals surface area contributed by atoms with Gasteiger partial charge >= 0.3 is 0 Å². The minimum Gasteiger partial charge on any atom is -0.368 e. The van der Waals surface area contributed by atoms with Gasteiger partial charge in [0.25, 0.3) is 0 Å². The summed E-state index contributed by atoms with van der Waals surface area (Å²) in [7, 11) is 0. The lowest BCUT2D eigenvalue weighted by atomic mass is 10.1. The normalized spacial score (nSPS) is 16.1. The number of piperidine rings is 1. The van der Waals surface area contributed by atoms with Crippen molar-refractivity contribution in [1.82, 2.24) is 19.7 Å². The number of hydrogen-bond donors (Lipinski definition) is 2. The number of H-pyrrole nitrogens is 1. The first-order chi connectivity index (χ1) is 8.18. The van der Waals surface area contributed by atoms with Crippen LogP contribution in [0.2, 0.25) is 0 Å². The van der Waals surface area contributed by atoms with Crippen molar-refractivity contribution in [3.05, 3.63) is 4.77 Å². The topological polar surface area (TPSA) is 79.9 Å². The molecule has 1 aromatic heterocycles. The smallest absolute Gasteiger partial charge is 0.224 e. The Balaban J connectivity index is 1.89. The molecule has 17 heavy (non-hydrogen) atoms. The third kappa shape index (κ3) is 2.85. The summed E-state index contributed by atoms with van der Waals surface area (Å²) in [4.78, 5) is 13.8. The number of aromatic amines is 1. The van der Waals surface area contributed by atoms with E-state index in [1.807, 2.05) is 4.90 Å². The van der Waals surface area contributed by atoms with Crippen LogP contribution < -0.4 is 5.73 Å². The highest BCUT2D eigenvalue weighted by Crippen LogP contribution is 2.11. The molecule has 0 atom stereocenters. The third-order valence-corrected chi connectivity index (χ3v) is 3.36. The highest BCUT2D eigenvalue weighted by molar-refractivity contribution is 7.71. The van der Waals surface area contributed by atoms with E-state index in [0.29, 0.717) is 23.7 Å². The van der Waals surface area contributed by atoms with Crippen molar-refractivity contribution in [2.45, 2.75) is 32.2 Å². The second-order valence-electron chi connectivity index (χ2n) is 4.23. The van der Waals surface area contributed by atoms with Gasteiger partial charge in [0.05, 0.1) is 0 Å². The second-order valence-corrected chi connectivity index (χ2v) is 4.62. The number of likely N-dealkylation sites (tertiary alicyclic amines) is 1. The first-order valence-corrected chi connectivity index (χ1v) is 6.28. The molecule has 6 nitrogen and oxygen atoms in total. The van der Waals surface area contributed by atoms with Crippen molar-refractivity contribution < 1.29 is 4.79 Å². The quantitative estimate of drug-likeness (QED) is 0.787. The molecule has 0 saturated carbocycles. The zero-order chi connectivity index (χ0) is 12.3. The Morgan fingerprint density at radius 3 is 2.71 bits per heavy atom. The Labute approximate surface area is 105 Å². The summed E-state index contributed by atoms with van der Waals surface area (Å²) in [6.07, 6.45) is 3.87. The number of rotatable bonds is 3. The molecule has 1 aliphatic rings. The highest BCUT2D eigenvalue weighted by atomic mass is 32.1. The Morgan fingerprint density at radius 2 is 2.12 bits per heavy atom. The zero-order valence-corrected chi connectivity index (χ0v) is 10.5. The average Bonchev–Trinajstić information content (AvgIpc) is 2.67. The summed E-state index contributed by atoms with van der Waals surface area (Å²) >= 11 is 5.02. The number of anilines is 1. The molecule has 0 radical (unpaired) electrons. The van der Waals surface area contributed by atoms with Gasteiger partial charge in [0.1, 0.15) is 0 Å². The van der Waals surface area contributed by atoms with Crippen LogP contribution in [0.5, 0.6) is 0 Å². The predicted octanol–water partition coefficient (Wildman–Crippen LogP) is 0.925. The summed E-state index contributed by atoms with van der Waals surface area (Å²) in [5.74, 6) is 0.508. The molecule has 3 N–H and O–H groups in total. The van der Waals surface area contributed by atoms with Gasteiger partial charge in [-0.1, -0.05) is 0 Å². The molecule has 1 fully saturated rings. The van der Waals surface area contributed by atoms with Crippen LogP contribution in [-0.2, 0) is 11.3 Å². The molecule has 7 heteroatoms. The fourth-order valence-corrected chi connectivity index (χ4v) is 2.29. The average molecular weight is 255 g/mol. The molecule has 1 aliphatic heterocycles. The van der Waals surface area contributed by atoms with Crippen molar-refractivity contribution in [3.63, 3.8) is 0 Å². The Kier molecular flexibility index (Phi) is 3.78. The van der Waals surface area contributed by atoms with E-state index < -0.39 is 0 Å². The number of nitrogens with one attached hydrogen (secondary N) is 1. The van der Waals surface area contributed by atoms with Gasteiger partial charge in [-0.25, -0.2) is 5.10 Å². The standard InChI is InChI=1S/C10H17N5OS/c11-9-12-13-10(17)15(9)7-4-8(16)14-5-2-1-3-6-14/h1-7H2,(H2,11,12)(H,13,17). The van der Waals surface area contributed by atoms with Gasteiger partial charge in [-0.05, 0) is 31.5 Å². The molecule has 1 amide bonds. The van der Waals surface area contributed by atoms with Crippen LogP contribution >= 0.6 is 12.2 Å². The Morgan fingerprint density at radius 1 is 1.41 bits per heavy atom. The summed E-state index contributed by atoms with van der Waals surface area (Å²) in [5.41, 5.74) is 5.64. The van der Waals surface area contributed by atoms with Crippen molar-refractivity contribution in [1.29, 1.82) is 0 Å². The molecule has 1 aromatic rings. The van der Waals surface area contributed by atoms with Gasteiger partial charge in [-0.15, -0.1) is 5.10 Å². The minimum absolute atomic E-state index is 0.173. The molecule has 0 aliphatic carbocycles. The summed E-state index contributed by atoms with van der Waals surface area (Å²) in [5, 5.41) is 6.41. The molecule has 0 unspecified atom stereocenters. The van der Waals surface area contributed by atoms with Gasteiger partial charge in [0.2, 0.25) is 11.9 Å². The van der Waals surface area contributed by atoms with E-state index >= 15 is 0 Å². The number of carbonyl (C=O) groups excluding carboxylic acids is 1. The van der Waals surface area contributed by atoms with Gasteiger partial charge < -0.3 is 10.6 Å². The molecule has 94 valence electrons. The van der Waals surface area contributed by atoms with E-state index in [4.69, 9.17) is 18.0 Å². The first-order valence-electron chi connectivity index (χ1n) is 5.87. The number of hydrogen-bond acceptors (Lipinski definition) is 4. The number of carbonyl (C=O) groups is 1. The van der Waals surface area contributed by atoms with Gasteiger partial charge in [-0.2, -0.15) is 0 Å². The van der Waals surface area contributed by atoms with E-state index in [1.165, 1.54) is 6.42 Å². The van der Waals surface area contributed by atoms with Gasteiger partial charge in [0, 0.05) is 26.1 Å². The molecular formula is C10H17N5OS. The first kappa shape index (κ1) is 12.1. The largest absolute Gasteiger partial charge is 0.368 e. The number of amides is 1. The van der Waals surface area contributed by atoms with Crippen molar-refractivity contribution in [3.8, 4) is 0 Å².